The van der Waals surface area contributed by atoms with Gasteiger partial charge in [-0.05, 0) is 29.5 Å². The van der Waals surface area contributed by atoms with Crippen molar-refractivity contribution in [3.05, 3.63) is 28.7 Å². The zero-order valence-corrected chi connectivity index (χ0v) is 7.54. The monoisotopic (exact) mass is 223 g/mol. The molecule has 0 unspecified atom stereocenters. The summed E-state index contributed by atoms with van der Waals surface area (Å²) in [5.74, 6) is 0.576. The Morgan fingerprint density at radius 3 is 3.00 bits per heavy atom. The lowest BCUT2D eigenvalue weighted by Crippen LogP contribution is -1.80. The van der Waals surface area contributed by atoms with Crippen LogP contribution in [0, 0.1) is 6.07 Å². The molecule has 0 aliphatic carbocycles. The average molecular weight is 224 g/mol. The topological polar surface area (TPSA) is 54.5 Å². The Bertz CT molecular complexity index is 371. The molecule has 4 nitrogen and oxygen atoms in total. The number of aromatic nitrogens is 4. The smallest absolute Gasteiger partial charge is 0.177 e. The van der Waals surface area contributed by atoms with E-state index in [1.807, 2.05) is 12.1 Å². The Morgan fingerprint density at radius 1 is 1.42 bits per heavy atom. The first-order valence-corrected chi connectivity index (χ1v) is 4.06. The summed E-state index contributed by atoms with van der Waals surface area (Å²) in [6.07, 6.45) is 0. The van der Waals surface area contributed by atoms with Gasteiger partial charge in [0.1, 0.15) is 0 Å². The molecule has 1 N–H and O–H groups in total. The van der Waals surface area contributed by atoms with Crippen molar-refractivity contribution in [3.63, 3.8) is 0 Å². The summed E-state index contributed by atoms with van der Waals surface area (Å²) < 4.78 is 0.949. The van der Waals surface area contributed by atoms with E-state index in [1.165, 1.54) is 0 Å². The number of H-pyrrole nitrogens is 1. The molecule has 0 fully saturated rings. The third kappa shape index (κ3) is 1.35. The second kappa shape index (κ2) is 3.02. The van der Waals surface area contributed by atoms with Crippen LogP contribution >= 0.6 is 15.9 Å². The first-order chi connectivity index (χ1) is 5.86. The fraction of sp³-hybridized carbons (Fsp3) is 0. The molecule has 0 aliphatic heterocycles. The number of nitrogens with zero attached hydrogens (tertiary/aromatic N) is 3. The second-order valence-corrected chi connectivity index (χ2v) is 3.09. The van der Waals surface area contributed by atoms with Crippen LogP contribution in [0.4, 0.5) is 0 Å². The highest BCUT2D eigenvalue weighted by Gasteiger charge is 2.01. The molecule has 0 saturated heterocycles. The van der Waals surface area contributed by atoms with E-state index in [2.05, 4.69) is 42.6 Å². The van der Waals surface area contributed by atoms with Gasteiger partial charge in [-0.2, -0.15) is 5.21 Å². The van der Waals surface area contributed by atoms with Gasteiger partial charge < -0.3 is 0 Å². The number of aromatic amines is 1. The Kier molecular flexibility index (Phi) is 1.87. The first kappa shape index (κ1) is 7.42. The maximum absolute atomic E-state index is 3.84. The lowest BCUT2D eigenvalue weighted by molar-refractivity contribution is 0.881. The lowest BCUT2D eigenvalue weighted by Gasteiger charge is -1.92. The average Bonchev–Trinajstić information content (AvgIpc) is 2.56. The molecule has 0 saturated carbocycles. The van der Waals surface area contributed by atoms with Crippen LogP contribution < -0.4 is 0 Å². The SMILES string of the molecule is Brc1c[c]cc(-c2nn[nH]n2)c1. The fourth-order valence-corrected chi connectivity index (χ4v) is 1.23. The number of hydrogen-bond donors (Lipinski definition) is 1. The van der Waals surface area contributed by atoms with Crippen LogP contribution in [0.1, 0.15) is 0 Å². The number of benzene rings is 1. The normalized spacial score (nSPS) is 10.1. The molecular weight excluding hydrogens is 220 g/mol. The number of nitrogens with one attached hydrogen (secondary N) is 1. The predicted molar refractivity (Wildman–Crippen MR) is 46.1 cm³/mol. The first-order valence-electron chi connectivity index (χ1n) is 3.27. The van der Waals surface area contributed by atoms with Gasteiger partial charge in [-0.1, -0.05) is 15.9 Å². The molecule has 2 aromatic rings. The van der Waals surface area contributed by atoms with Crippen molar-refractivity contribution in [2.24, 2.45) is 0 Å². The highest BCUT2D eigenvalue weighted by atomic mass is 79.9. The molecule has 0 amide bonds. The van der Waals surface area contributed by atoms with Crippen molar-refractivity contribution in [1.29, 1.82) is 0 Å². The highest BCUT2D eigenvalue weighted by molar-refractivity contribution is 9.10. The molecule has 1 aromatic carbocycles. The maximum atomic E-state index is 3.84. The number of tetrazole rings is 1. The Morgan fingerprint density at radius 2 is 2.33 bits per heavy atom. The van der Waals surface area contributed by atoms with E-state index in [-0.39, 0.29) is 0 Å². The van der Waals surface area contributed by atoms with Gasteiger partial charge in [-0.25, -0.2) is 0 Å². The fourth-order valence-electron chi connectivity index (χ4n) is 0.856. The van der Waals surface area contributed by atoms with Crippen molar-refractivity contribution in [2.45, 2.75) is 0 Å². The zero-order valence-electron chi connectivity index (χ0n) is 5.95. The van der Waals surface area contributed by atoms with E-state index in [0.29, 0.717) is 5.82 Å². The van der Waals surface area contributed by atoms with Crippen LogP contribution in [-0.4, -0.2) is 20.6 Å². The van der Waals surface area contributed by atoms with Crippen molar-refractivity contribution in [3.8, 4) is 11.4 Å². The van der Waals surface area contributed by atoms with Crippen LogP contribution in [-0.2, 0) is 0 Å². The molecule has 59 valence electrons. The van der Waals surface area contributed by atoms with Crippen LogP contribution in [0.5, 0.6) is 0 Å². The molecule has 5 heteroatoms. The van der Waals surface area contributed by atoms with Crippen molar-refractivity contribution in [2.75, 3.05) is 0 Å². The largest absolute Gasteiger partial charge is 0.204 e. The summed E-state index contributed by atoms with van der Waals surface area (Å²) in [7, 11) is 0. The minimum Gasteiger partial charge on any atom is -0.177 e. The minimum absolute atomic E-state index is 0.576. The standard InChI is InChI=1S/C7H4BrN4/c8-6-3-1-2-5(4-6)7-9-11-12-10-7/h2-4H,(H,9,10,11,12). The molecule has 0 spiro atoms. The van der Waals surface area contributed by atoms with Gasteiger partial charge in [0, 0.05) is 10.0 Å². The van der Waals surface area contributed by atoms with Crippen LogP contribution in [0.15, 0.2) is 22.7 Å². The van der Waals surface area contributed by atoms with E-state index in [9.17, 15) is 0 Å². The summed E-state index contributed by atoms with van der Waals surface area (Å²) >= 11 is 3.33. The van der Waals surface area contributed by atoms with E-state index in [4.69, 9.17) is 0 Å². The summed E-state index contributed by atoms with van der Waals surface area (Å²) in [5, 5.41) is 13.5. The number of hydrogen-bond acceptors (Lipinski definition) is 3. The number of halogens is 1. The molecule has 0 aliphatic rings. The third-order valence-corrected chi connectivity index (χ3v) is 1.81. The maximum Gasteiger partial charge on any atom is 0.204 e. The Balaban J connectivity index is 2.48. The summed E-state index contributed by atoms with van der Waals surface area (Å²) in [5.41, 5.74) is 0.887. The van der Waals surface area contributed by atoms with Gasteiger partial charge in [-0.15, -0.1) is 10.2 Å². The highest BCUT2D eigenvalue weighted by Crippen LogP contribution is 2.17. The van der Waals surface area contributed by atoms with Gasteiger partial charge in [0.25, 0.3) is 0 Å². The minimum atomic E-state index is 0.576. The third-order valence-electron chi connectivity index (χ3n) is 1.36. The van der Waals surface area contributed by atoms with Crippen molar-refractivity contribution < 1.29 is 0 Å². The van der Waals surface area contributed by atoms with Gasteiger partial charge >= 0.3 is 0 Å². The van der Waals surface area contributed by atoms with Crippen molar-refractivity contribution >= 4 is 15.9 Å². The summed E-state index contributed by atoms with van der Waals surface area (Å²) in [6, 6.07) is 8.48. The number of rotatable bonds is 1. The van der Waals surface area contributed by atoms with E-state index in [1.54, 1.807) is 6.07 Å². The summed E-state index contributed by atoms with van der Waals surface area (Å²) in [4.78, 5) is 0. The van der Waals surface area contributed by atoms with Crippen LogP contribution in [0.2, 0.25) is 0 Å². The quantitative estimate of drug-likeness (QED) is 0.796. The van der Waals surface area contributed by atoms with Gasteiger partial charge in [-0.3, -0.25) is 0 Å². The Hall–Kier alpha value is -1.23. The Labute approximate surface area is 77.1 Å². The van der Waals surface area contributed by atoms with Gasteiger partial charge in [0.15, 0.2) is 0 Å². The predicted octanol–water partition coefficient (Wildman–Crippen LogP) is 1.43. The molecule has 12 heavy (non-hydrogen) atoms. The molecule has 0 atom stereocenters. The lowest BCUT2D eigenvalue weighted by atomic mass is 10.2. The molecule has 1 radical (unpaired) electrons. The van der Waals surface area contributed by atoms with Gasteiger partial charge in [0.2, 0.25) is 5.82 Å². The molecule has 2 rings (SSSR count). The molecular formula is C7H4BrN4. The second-order valence-electron chi connectivity index (χ2n) is 2.18. The van der Waals surface area contributed by atoms with E-state index >= 15 is 0 Å². The van der Waals surface area contributed by atoms with Crippen molar-refractivity contribution in [1.82, 2.24) is 20.6 Å². The van der Waals surface area contributed by atoms with Crippen LogP contribution in [0.25, 0.3) is 11.4 Å². The molecule has 1 aromatic heterocycles. The molecule has 0 bridgehead atoms. The van der Waals surface area contributed by atoms with E-state index < -0.39 is 0 Å². The van der Waals surface area contributed by atoms with Crippen LogP contribution in [0.3, 0.4) is 0 Å². The van der Waals surface area contributed by atoms with E-state index in [0.717, 1.165) is 10.0 Å². The zero-order chi connectivity index (χ0) is 8.39. The molecule has 1 heterocycles. The summed E-state index contributed by atoms with van der Waals surface area (Å²) in [6.45, 7) is 0. The van der Waals surface area contributed by atoms with Gasteiger partial charge in [0.05, 0.1) is 0 Å².